The molecule has 122 valence electrons. The van der Waals surface area contributed by atoms with Gasteiger partial charge in [0.25, 0.3) is 0 Å². The summed E-state index contributed by atoms with van der Waals surface area (Å²) in [6.07, 6.45) is 1.28. The third-order valence-electron chi connectivity index (χ3n) is 4.25. The fraction of sp³-hybridized carbons (Fsp3) is 0.211. The van der Waals surface area contributed by atoms with Gasteiger partial charge in [0.2, 0.25) is 0 Å². The van der Waals surface area contributed by atoms with Gasteiger partial charge in [-0.05, 0) is 42.1 Å². The van der Waals surface area contributed by atoms with Crippen molar-refractivity contribution in [2.24, 2.45) is 0 Å². The second-order valence-corrected chi connectivity index (χ2v) is 6.86. The number of fused-ring (bicyclic) bond motifs is 1. The van der Waals surface area contributed by atoms with Gasteiger partial charge < -0.3 is 9.15 Å². The predicted octanol–water partition coefficient (Wildman–Crippen LogP) is 4.52. The Bertz CT molecular complexity index is 853. The van der Waals surface area contributed by atoms with Crippen LogP contribution in [-0.4, -0.2) is 10.9 Å². The van der Waals surface area contributed by atoms with Crippen LogP contribution in [0.25, 0.3) is 0 Å². The van der Waals surface area contributed by atoms with E-state index in [1.807, 2.05) is 36.4 Å². The largest absolute Gasteiger partial charge is 0.468 e. The highest BCUT2D eigenvalue weighted by Gasteiger charge is 2.35. The van der Waals surface area contributed by atoms with Crippen LogP contribution in [-0.2, 0) is 17.8 Å². The molecule has 0 aliphatic carbocycles. The van der Waals surface area contributed by atoms with Gasteiger partial charge in [0, 0.05) is 17.0 Å². The zero-order valence-electron chi connectivity index (χ0n) is 13.3. The first kappa shape index (κ1) is 15.2. The first-order valence-corrected chi connectivity index (χ1v) is 8.69. The van der Waals surface area contributed by atoms with Crippen LogP contribution in [0.3, 0.4) is 0 Å². The normalized spacial score (nSPS) is 16.4. The van der Waals surface area contributed by atoms with Crippen molar-refractivity contribution >= 4 is 17.3 Å². The van der Waals surface area contributed by atoms with Gasteiger partial charge in [-0.25, -0.2) is 4.79 Å². The molecule has 5 heteroatoms. The maximum atomic E-state index is 12.2. The summed E-state index contributed by atoms with van der Waals surface area (Å²) < 4.78 is 11.2. The van der Waals surface area contributed by atoms with Gasteiger partial charge in [0.15, 0.2) is 6.23 Å². The van der Waals surface area contributed by atoms with Crippen molar-refractivity contribution in [3.63, 3.8) is 0 Å². The van der Waals surface area contributed by atoms with Crippen LogP contribution < -0.4 is 0 Å². The van der Waals surface area contributed by atoms with Crippen LogP contribution >= 0.6 is 11.3 Å². The first-order chi connectivity index (χ1) is 11.7. The van der Waals surface area contributed by atoms with E-state index < -0.39 is 0 Å². The molecule has 0 spiro atoms. The molecule has 0 saturated heterocycles. The summed E-state index contributed by atoms with van der Waals surface area (Å²) in [7, 11) is 0. The maximum Gasteiger partial charge on any atom is 0.340 e. The minimum atomic E-state index is -0.389. The molecular formula is C19H17NO3S. The van der Waals surface area contributed by atoms with Crippen molar-refractivity contribution < 1.29 is 13.9 Å². The van der Waals surface area contributed by atoms with Crippen molar-refractivity contribution in [2.75, 3.05) is 0 Å². The predicted molar refractivity (Wildman–Crippen MR) is 91.6 cm³/mol. The highest BCUT2D eigenvalue weighted by Crippen LogP contribution is 2.36. The second-order valence-electron chi connectivity index (χ2n) is 5.86. The minimum absolute atomic E-state index is 0.261. The van der Waals surface area contributed by atoms with E-state index in [-0.39, 0.29) is 12.2 Å². The number of aryl methyl sites for hydroxylation is 1. The Morgan fingerprint density at radius 2 is 2.00 bits per heavy atom. The van der Waals surface area contributed by atoms with E-state index in [4.69, 9.17) is 9.15 Å². The van der Waals surface area contributed by atoms with Gasteiger partial charge in [0.1, 0.15) is 5.76 Å². The van der Waals surface area contributed by atoms with Gasteiger partial charge >= 0.3 is 5.97 Å². The Balaban J connectivity index is 1.68. The number of benzene rings is 1. The number of hydrogen-bond donors (Lipinski definition) is 0. The minimum Gasteiger partial charge on any atom is -0.468 e. The summed E-state index contributed by atoms with van der Waals surface area (Å²) in [4.78, 5) is 15.6. The number of cyclic esters (lactones) is 1. The van der Waals surface area contributed by atoms with E-state index in [1.54, 1.807) is 17.6 Å². The molecule has 1 unspecified atom stereocenters. The molecule has 0 bridgehead atoms. The highest BCUT2D eigenvalue weighted by molar-refractivity contribution is 7.10. The maximum absolute atomic E-state index is 12.2. The summed E-state index contributed by atoms with van der Waals surface area (Å²) in [5.41, 5.74) is 2.82. The zero-order valence-corrected chi connectivity index (χ0v) is 14.1. The Labute approximate surface area is 144 Å². The number of carbonyl (C=O) groups excluding carboxylic acids is 1. The summed E-state index contributed by atoms with van der Waals surface area (Å²) in [6, 6.07) is 13.5. The molecule has 0 N–H and O–H groups in total. The van der Waals surface area contributed by atoms with Crippen LogP contribution in [0, 0.1) is 6.92 Å². The molecule has 3 heterocycles. The topological polar surface area (TPSA) is 42.7 Å². The number of nitrogens with zero attached hydrogens (tertiary/aromatic N) is 1. The van der Waals surface area contributed by atoms with E-state index in [9.17, 15) is 4.79 Å². The second kappa shape index (κ2) is 6.26. The SMILES string of the molecule is Cc1ccsc1CN(Cc1ccco1)C1OC(=O)c2ccccc21. The molecule has 24 heavy (non-hydrogen) atoms. The molecule has 0 fully saturated rings. The lowest BCUT2D eigenvalue weighted by Crippen LogP contribution is -2.28. The third kappa shape index (κ3) is 2.77. The monoisotopic (exact) mass is 339 g/mol. The molecule has 4 rings (SSSR count). The lowest BCUT2D eigenvalue weighted by Gasteiger charge is -2.27. The van der Waals surface area contributed by atoms with Crippen LogP contribution in [0.4, 0.5) is 0 Å². The molecule has 1 atom stereocenters. The molecular weight excluding hydrogens is 322 g/mol. The van der Waals surface area contributed by atoms with E-state index in [2.05, 4.69) is 23.3 Å². The molecule has 2 aromatic heterocycles. The van der Waals surface area contributed by atoms with E-state index >= 15 is 0 Å². The standard InChI is InChI=1S/C19H17NO3S/c1-13-8-10-24-17(13)12-20(11-14-5-4-9-22-14)18-15-6-2-3-7-16(15)19(21)23-18/h2-10,18H,11-12H2,1H3. The number of thiophene rings is 1. The van der Waals surface area contributed by atoms with E-state index in [0.29, 0.717) is 18.7 Å². The van der Waals surface area contributed by atoms with E-state index in [1.165, 1.54) is 10.4 Å². The number of hydrogen-bond acceptors (Lipinski definition) is 5. The first-order valence-electron chi connectivity index (χ1n) is 7.81. The quantitative estimate of drug-likeness (QED) is 0.641. The summed E-state index contributed by atoms with van der Waals surface area (Å²) in [5.74, 6) is 0.590. The summed E-state index contributed by atoms with van der Waals surface area (Å²) in [6.45, 7) is 3.39. The van der Waals surface area contributed by atoms with Gasteiger partial charge in [-0.2, -0.15) is 0 Å². The summed E-state index contributed by atoms with van der Waals surface area (Å²) >= 11 is 1.72. The van der Waals surface area contributed by atoms with E-state index in [0.717, 1.165) is 11.3 Å². The summed E-state index contributed by atoms with van der Waals surface area (Å²) in [5, 5.41) is 2.09. The number of ether oxygens (including phenoxy) is 1. The molecule has 0 radical (unpaired) electrons. The van der Waals surface area contributed by atoms with Crippen molar-refractivity contribution in [3.05, 3.63) is 81.4 Å². The molecule has 1 aliphatic rings. The third-order valence-corrected chi connectivity index (χ3v) is 5.26. The van der Waals surface area contributed by atoms with Gasteiger partial charge in [0.05, 0.1) is 18.4 Å². The average Bonchev–Trinajstić information content (AvgIpc) is 3.30. The number of furan rings is 1. The number of esters is 1. The lowest BCUT2D eigenvalue weighted by atomic mass is 10.1. The lowest BCUT2D eigenvalue weighted by molar-refractivity contribution is -0.0331. The fourth-order valence-corrected chi connectivity index (χ4v) is 3.90. The molecule has 4 nitrogen and oxygen atoms in total. The number of rotatable bonds is 5. The van der Waals surface area contributed by atoms with Crippen molar-refractivity contribution in [1.29, 1.82) is 0 Å². The van der Waals surface area contributed by atoms with Crippen molar-refractivity contribution in [2.45, 2.75) is 26.2 Å². The Hall–Kier alpha value is -2.37. The smallest absolute Gasteiger partial charge is 0.340 e. The zero-order chi connectivity index (χ0) is 16.5. The van der Waals surface area contributed by atoms with Crippen LogP contribution in [0.2, 0.25) is 0 Å². The van der Waals surface area contributed by atoms with Crippen LogP contribution in [0.15, 0.2) is 58.5 Å². The molecule has 1 aliphatic heterocycles. The van der Waals surface area contributed by atoms with Gasteiger partial charge in [-0.1, -0.05) is 18.2 Å². The highest BCUT2D eigenvalue weighted by atomic mass is 32.1. The van der Waals surface area contributed by atoms with Gasteiger partial charge in [-0.3, -0.25) is 4.90 Å². The Morgan fingerprint density at radius 3 is 2.75 bits per heavy atom. The average molecular weight is 339 g/mol. The fourth-order valence-electron chi connectivity index (χ4n) is 2.97. The Morgan fingerprint density at radius 1 is 1.12 bits per heavy atom. The van der Waals surface area contributed by atoms with Crippen molar-refractivity contribution in [3.8, 4) is 0 Å². The van der Waals surface area contributed by atoms with Crippen LogP contribution in [0.5, 0.6) is 0 Å². The Kier molecular flexibility index (Phi) is 3.96. The molecule has 1 aromatic carbocycles. The molecule has 0 saturated carbocycles. The molecule has 0 amide bonds. The van der Waals surface area contributed by atoms with Crippen LogP contribution in [0.1, 0.15) is 38.4 Å². The molecule has 3 aromatic rings. The van der Waals surface area contributed by atoms with Gasteiger partial charge in [-0.15, -0.1) is 11.3 Å². The number of carbonyl (C=O) groups is 1. The van der Waals surface area contributed by atoms with Crippen molar-refractivity contribution in [1.82, 2.24) is 4.90 Å².